The Bertz CT molecular complexity index is 1650. The zero-order valence-electron chi connectivity index (χ0n) is 22.5. The molecule has 4 aromatic rings. The van der Waals surface area contributed by atoms with E-state index in [0.29, 0.717) is 18.0 Å². The van der Waals surface area contributed by atoms with Crippen molar-refractivity contribution in [3.05, 3.63) is 82.8 Å². The molecule has 1 aliphatic heterocycles. The maximum absolute atomic E-state index is 13.4. The molecular formula is C28H32N6O6S. The molecular weight excluding hydrogens is 548 g/mol. The zero-order valence-corrected chi connectivity index (χ0v) is 23.3. The van der Waals surface area contributed by atoms with Crippen molar-refractivity contribution in [1.29, 1.82) is 0 Å². The molecule has 0 spiro atoms. The Kier molecular flexibility index (Phi) is 8.40. The van der Waals surface area contributed by atoms with Crippen molar-refractivity contribution in [2.24, 2.45) is 0 Å². The van der Waals surface area contributed by atoms with Crippen LogP contribution >= 0.6 is 0 Å². The first-order chi connectivity index (χ1) is 19.7. The lowest BCUT2D eigenvalue weighted by atomic mass is 10.1. The molecule has 41 heavy (non-hydrogen) atoms. The summed E-state index contributed by atoms with van der Waals surface area (Å²) in [4.78, 5) is 14.7. The summed E-state index contributed by atoms with van der Waals surface area (Å²) in [6, 6.07) is 17.8. The number of sulfonamides is 1. The lowest BCUT2D eigenvalue weighted by Crippen LogP contribution is -2.44. The predicted molar refractivity (Wildman–Crippen MR) is 153 cm³/mol. The van der Waals surface area contributed by atoms with Gasteiger partial charge in [0.1, 0.15) is 28.8 Å². The van der Waals surface area contributed by atoms with Crippen LogP contribution in [0.1, 0.15) is 5.56 Å². The number of phenolic OH excluding ortho intramolecular Hbond substituents is 2. The van der Waals surface area contributed by atoms with Crippen LogP contribution in [-0.4, -0.2) is 89.0 Å². The van der Waals surface area contributed by atoms with Crippen molar-refractivity contribution in [3.8, 4) is 34.3 Å². The second-order valence-corrected chi connectivity index (χ2v) is 11.7. The maximum atomic E-state index is 13.4. The van der Waals surface area contributed by atoms with E-state index in [9.17, 15) is 23.4 Å². The van der Waals surface area contributed by atoms with Gasteiger partial charge in [0, 0.05) is 52.4 Å². The number of phenols is 2. The molecule has 1 aliphatic rings. The van der Waals surface area contributed by atoms with E-state index in [1.165, 1.54) is 11.6 Å². The summed E-state index contributed by atoms with van der Waals surface area (Å²) in [5.74, 6) is -0.468. The normalized spacial score (nSPS) is 14.4. The highest BCUT2D eigenvalue weighted by Crippen LogP contribution is 2.37. The average Bonchev–Trinajstić information content (AvgIpc) is 3.35. The Hall–Kier alpha value is -4.17. The smallest absolute Gasteiger partial charge is 0.348 e. The number of hydrogen-bond donors (Lipinski definition) is 4. The lowest BCUT2D eigenvalue weighted by Gasteiger charge is -2.26. The van der Waals surface area contributed by atoms with Gasteiger partial charge in [-0.15, -0.1) is 0 Å². The SMILES string of the molecule is CN(Cc1ccccc1)S(=O)(=O)c1cc(-c2n[nH]c(=O)n2-c2ccc(OCCN3CCNCC3)cc2)c(O)cc1O. The van der Waals surface area contributed by atoms with Gasteiger partial charge in [-0.1, -0.05) is 30.3 Å². The number of piperazine rings is 1. The molecule has 4 N–H and O–H groups in total. The van der Waals surface area contributed by atoms with Gasteiger partial charge < -0.3 is 20.3 Å². The fourth-order valence-corrected chi connectivity index (χ4v) is 5.92. The van der Waals surface area contributed by atoms with Crippen molar-refractivity contribution in [1.82, 2.24) is 29.3 Å². The fraction of sp³-hybridized carbons (Fsp3) is 0.286. The monoisotopic (exact) mass is 580 g/mol. The number of hydrogen-bond acceptors (Lipinski definition) is 9. The van der Waals surface area contributed by atoms with Crippen LogP contribution in [0.3, 0.4) is 0 Å². The van der Waals surface area contributed by atoms with Gasteiger partial charge in [0.15, 0.2) is 5.82 Å². The van der Waals surface area contributed by atoms with E-state index in [4.69, 9.17) is 4.74 Å². The van der Waals surface area contributed by atoms with Gasteiger partial charge in [-0.25, -0.2) is 22.9 Å². The molecule has 0 unspecified atom stereocenters. The summed E-state index contributed by atoms with van der Waals surface area (Å²) in [6.07, 6.45) is 0. The van der Waals surface area contributed by atoms with E-state index < -0.39 is 32.1 Å². The minimum Gasteiger partial charge on any atom is -0.507 e. The number of aromatic nitrogens is 3. The standard InChI is InChI=1S/C28H32N6O6S/c1-32(19-20-5-3-2-4-6-20)41(38,39)26-17-23(24(35)18-25(26)36)27-30-31-28(37)34(27)21-7-9-22(10-8-21)40-16-15-33-13-11-29-12-14-33/h2-10,17-18,29,35-36H,11-16,19H2,1H3,(H,31,37). The third-order valence-electron chi connectivity index (χ3n) is 6.91. The summed E-state index contributed by atoms with van der Waals surface area (Å²) in [5.41, 5.74) is 0.537. The molecule has 0 amide bonds. The van der Waals surface area contributed by atoms with Crippen LogP contribution in [0.25, 0.3) is 17.1 Å². The zero-order chi connectivity index (χ0) is 29.0. The van der Waals surface area contributed by atoms with Crippen molar-refractivity contribution in [2.75, 3.05) is 46.4 Å². The summed E-state index contributed by atoms with van der Waals surface area (Å²) in [7, 11) is -2.79. The molecule has 216 valence electrons. The second kappa shape index (κ2) is 12.1. The highest BCUT2D eigenvalue weighted by Gasteiger charge is 2.28. The average molecular weight is 581 g/mol. The largest absolute Gasteiger partial charge is 0.507 e. The van der Waals surface area contributed by atoms with Gasteiger partial charge in [0.2, 0.25) is 10.0 Å². The number of nitrogens with one attached hydrogen (secondary N) is 2. The Morgan fingerprint density at radius 2 is 1.71 bits per heavy atom. The molecule has 0 aliphatic carbocycles. The van der Waals surface area contributed by atoms with Crippen LogP contribution < -0.4 is 15.7 Å². The van der Waals surface area contributed by atoms with Crippen LogP contribution in [0.2, 0.25) is 0 Å². The Labute approximate surface area is 237 Å². The van der Waals surface area contributed by atoms with E-state index in [2.05, 4.69) is 20.4 Å². The van der Waals surface area contributed by atoms with Gasteiger partial charge in [-0.2, -0.15) is 9.40 Å². The number of aromatic amines is 1. The number of rotatable bonds is 10. The number of ether oxygens (including phenoxy) is 1. The number of aromatic hydroxyl groups is 2. The number of benzene rings is 3. The number of nitrogens with zero attached hydrogens (tertiary/aromatic N) is 4. The highest BCUT2D eigenvalue weighted by molar-refractivity contribution is 7.89. The third-order valence-corrected chi connectivity index (χ3v) is 8.74. The Morgan fingerprint density at radius 1 is 1.00 bits per heavy atom. The quantitative estimate of drug-likeness (QED) is 0.220. The molecule has 12 nitrogen and oxygen atoms in total. The molecule has 1 fully saturated rings. The van der Waals surface area contributed by atoms with Gasteiger partial charge in [0.25, 0.3) is 0 Å². The maximum Gasteiger partial charge on any atom is 0.348 e. The van der Waals surface area contributed by atoms with Crippen LogP contribution in [0.5, 0.6) is 17.2 Å². The lowest BCUT2D eigenvalue weighted by molar-refractivity contribution is 0.191. The molecule has 0 radical (unpaired) electrons. The van der Waals surface area contributed by atoms with Crippen LogP contribution in [-0.2, 0) is 16.6 Å². The van der Waals surface area contributed by atoms with Crippen LogP contribution in [0.15, 0.2) is 76.4 Å². The van der Waals surface area contributed by atoms with E-state index in [1.807, 2.05) is 6.07 Å². The Balaban J connectivity index is 1.39. The molecule has 1 aromatic heterocycles. The topological polar surface area (TPSA) is 153 Å². The summed E-state index contributed by atoms with van der Waals surface area (Å²) >= 11 is 0. The minimum absolute atomic E-state index is 0.0259. The van der Waals surface area contributed by atoms with Crippen LogP contribution in [0.4, 0.5) is 0 Å². The first-order valence-electron chi connectivity index (χ1n) is 13.1. The number of H-pyrrole nitrogens is 1. The summed E-state index contributed by atoms with van der Waals surface area (Å²) < 4.78 is 35.0. The van der Waals surface area contributed by atoms with Gasteiger partial charge in [-0.05, 0) is 35.9 Å². The first kappa shape index (κ1) is 28.4. The van der Waals surface area contributed by atoms with E-state index in [1.54, 1.807) is 48.5 Å². The first-order valence-corrected chi connectivity index (χ1v) is 14.6. The highest BCUT2D eigenvalue weighted by atomic mass is 32.2. The predicted octanol–water partition coefficient (Wildman–Crippen LogP) is 1.74. The molecule has 0 saturated carbocycles. The summed E-state index contributed by atoms with van der Waals surface area (Å²) in [5, 5.41) is 30.9. The summed E-state index contributed by atoms with van der Waals surface area (Å²) in [6.45, 7) is 5.27. The molecule has 0 bridgehead atoms. The minimum atomic E-state index is -4.19. The van der Waals surface area contributed by atoms with Crippen molar-refractivity contribution in [3.63, 3.8) is 0 Å². The van der Waals surface area contributed by atoms with Crippen LogP contribution in [0, 0.1) is 0 Å². The van der Waals surface area contributed by atoms with E-state index in [0.717, 1.165) is 54.7 Å². The van der Waals surface area contributed by atoms with Crippen molar-refractivity contribution in [2.45, 2.75) is 11.4 Å². The molecule has 0 atom stereocenters. The van der Waals surface area contributed by atoms with Crippen molar-refractivity contribution < 1.29 is 23.4 Å². The third kappa shape index (κ3) is 6.28. The molecule has 5 rings (SSSR count). The van der Waals surface area contributed by atoms with Gasteiger partial charge in [-0.3, -0.25) is 4.90 Å². The van der Waals surface area contributed by atoms with E-state index in [-0.39, 0.29) is 17.9 Å². The molecule has 1 saturated heterocycles. The van der Waals surface area contributed by atoms with E-state index >= 15 is 0 Å². The molecule has 2 heterocycles. The van der Waals surface area contributed by atoms with Gasteiger partial charge >= 0.3 is 5.69 Å². The molecule has 13 heteroatoms. The fourth-order valence-electron chi connectivity index (χ4n) is 4.67. The van der Waals surface area contributed by atoms with Crippen molar-refractivity contribution >= 4 is 10.0 Å². The second-order valence-electron chi connectivity index (χ2n) is 9.71. The Morgan fingerprint density at radius 3 is 2.41 bits per heavy atom. The van der Waals surface area contributed by atoms with Gasteiger partial charge in [0.05, 0.1) is 11.3 Å². The molecule has 3 aromatic carbocycles.